The summed E-state index contributed by atoms with van der Waals surface area (Å²) in [6.45, 7) is 2.22. The van der Waals surface area contributed by atoms with Crippen molar-refractivity contribution in [2.24, 2.45) is 11.8 Å². The van der Waals surface area contributed by atoms with Gasteiger partial charge < -0.3 is 24.4 Å². The number of anilines is 1. The summed E-state index contributed by atoms with van der Waals surface area (Å²) in [6.07, 6.45) is 10.8. The summed E-state index contributed by atoms with van der Waals surface area (Å²) in [6, 6.07) is 12.5. The van der Waals surface area contributed by atoms with Crippen molar-refractivity contribution in [1.29, 1.82) is 0 Å². The first-order chi connectivity index (χ1) is 19.0. The molecule has 0 aliphatic rings. The van der Waals surface area contributed by atoms with Crippen molar-refractivity contribution < 1.29 is 28.6 Å². The van der Waals surface area contributed by atoms with Crippen molar-refractivity contribution in [3.05, 3.63) is 48.0 Å². The van der Waals surface area contributed by atoms with Gasteiger partial charge in [0, 0.05) is 12.1 Å². The molecule has 0 bridgehead atoms. The van der Waals surface area contributed by atoms with Gasteiger partial charge in [-0.3, -0.25) is 4.79 Å². The lowest BCUT2D eigenvalue weighted by Crippen LogP contribution is -2.37. The van der Waals surface area contributed by atoms with Gasteiger partial charge in [0.2, 0.25) is 5.91 Å². The Morgan fingerprint density at radius 1 is 0.821 bits per heavy atom. The van der Waals surface area contributed by atoms with E-state index in [2.05, 4.69) is 12.2 Å². The lowest BCUT2D eigenvalue weighted by Gasteiger charge is -2.26. The summed E-state index contributed by atoms with van der Waals surface area (Å²) in [7, 11) is 4.52. The Kier molecular flexibility index (Phi) is 14.8. The first-order valence-electron chi connectivity index (χ1n) is 13.8. The number of carbonyl (C=O) groups excluding carboxylic acids is 2. The van der Waals surface area contributed by atoms with Gasteiger partial charge in [-0.15, -0.1) is 0 Å². The third-order valence-electron chi connectivity index (χ3n) is 6.89. The molecule has 1 amide bonds. The molecule has 0 radical (unpaired) electrons. The molecule has 0 saturated heterocycles. The number of benzene rings is 2. The molecular weight excluding hydrogens is 498 g/mol. The Morgan fingerprint density at radius 3 is 1.90 bits per heavy atom. The van der Waals surface area contributed by atoms with E-state index in [4.69, 9.17) is 24.9 Å². The van der Waals surface area contributed by atoms with Crippen LogP contribution in [0.2, 0.25) is 0 Å². The zero-order valence-corrected chi connectivity index (χ0v) is 23.8. The lowest BCUT2D eigenvalue weighted by atomic mass is 9.81. The van der Waals surface area contributed by atoms with Crippen molar-refractivity contribution in [2.45, 2.75) is 77.0 Å². The minimum Gasteiger partial charge on any atom is -0.496 e. The van der Waals surface area contributed by atoms with Gasteiger partial charge in [0.25, 0.3) is 0 Å². The predicted octanol–water partition coefficient (Wildman–Crippen LogP) is 5.89. The van der Waals surface area contributed by atoms with Gasteiger partial charge >= 0.3 is 5.97 Å². The van der Waals surface area contributed by atoms with Crippen LogP contribution in [-0.4, -0.2) is 33.2 Å². The van der Waals surface area contributed by atoms with Crippen LogP contribution in [0.4, 0.5) is 5.69 Å². The maximum Gasteiger partial charge on any atom is 0.330 e. The zero-order valence-electron chi connectivity index (χ0n) is 23.8. The lowest BCUT2D eigenvalue weighted by molar-refractivity contribution is -0.158. The number of hydrazine groups is 1. The summed E-state index contributed by atoms with van der Waals surface area (Å²) in [4.78, 5) is 32.0. The highest BCUT2D eigenvalue weighted by Crippen LogP contribution is 2.40. The third-order valence-corrected chi connectivity index (χ3v) is 6.89. The summed E-state index contributed by atoms with van der Waals surface area (Å²) in [5, 5.41) is 2.94. The normalized spacial score (nSPS) is 12.3. The van der Waals surface area contributed by atoms with Crippen LogP contribution in [0.1, 0.15) is 82.6 Å². The topological polar surface area (TPSA) is 121 Å². The van der Waals surface area contributed by atoms with Gasteiger partial charge in [-0.2, -0.15) is 0 Å². The Labute approximate surface area is 232 Å². The third kappa shape index (κ3) is 10.1. The molecule has 0 heterocycles. The van der Waals surface area contributed by atoms with Crippen LogP contribution in [-0.2, 0) is 14.4 Å². The van der Waals surface area contributed by atoms with E-state index in [1.165, 1.54) is 59.9 Å². The Bertz CT molecular complexity index is 976. The molecule has 2 atom stereocenters. The Morgan fingerprint density at radius 2 is 1.38 bits per heavy atom. The molecule has 2 rings (SSSR count). The van der Waals surface area contributed by atoms with Gasteiger partial charge in [0.1, 0.15) is 22.9 Å². The number of nitrogens with two attached hydrogens (primary N) is 1. The standard InChI is InChI=1S/C30H45N3O6/c1-5-6-7-8-9-10-11-12-16-19-24(30(35)39-33-31)27(22-17-14-13-15-18-22)29(34)32-28-25(37-3)20-23(36-2)21-26(28)38-4/h13-15,17-18,20-21,24,27,33H,5-12,16,19,31H2,1-4H3,(H,32,34). The molecule has 0 spiro atoms. The van der Waals surface area contributed by atoms with Crippen molar-refractivity contribution in [2.75, 3.05) is 26.6 Å². The number of hydrogen-bond donors (Lipinski definition) is 3. The summed E-state index contributed by atoms with van der Waals surface area (Å²) in [5.74, 6) is 3.99. The van der Waals surface area contributed by atoms with E-state index in [-0.39, 0.29) is 0 Å². The second-order valence-electron chi connectivity index (χ2n) is 9.55. The molecule has 2 unspecified atom stereocenters. The SMILES string of the molecule is CCCCCCCCCCCC(C(=O)ONN)C(C(=O)Nc1c(OC)cc(OC)cc1OC)c1ccccc1. The van der Waals surface area contributed by atoms with Crippen molar-refractivity contribution >= 4 is 17.6 Å². The van der Waals surface area contributed by atoms with Gasteiger partial charge in [-0.1, -0.05) is 101 Å². The fourth-order valence-corrected chi connectivity index (χ4v) is 4.79. The molecule has 2 aromatic carbocycles. The fraction of sp³-hybridized carbons (Fsp3) is 0.533. The first-order valence-corrected chi connectivity index (χ1v) is 13.8. The van der Waals surface area contributed by atoms with Crippen LogP contribution in [0.3, 0.4) is 0 Å². The monoisotopic (exact) mass is 543 g/mol. The Balaban J connectivity index is 2.26. The predicted molar refractivity (Wildman–Crippen MR) is 153 cm³/mol. The van der Waals surface area contributed by atoms with E-state index in [1.807, 2.05) is 35.9 Å². The number of nitrogens with one attached hydrogen (secondary N) is 2. The molecule has 0 saturated carbocycles. The summed E-state index contributed by atoms with van der Waals surface area (Å²) < 4.78 is 16.3. The van der Waals surface area contributed by atoms with Gasteiger partial charge in [0.05, 0.1) is 33.2 Å². The molecule has 0 aliphatic carbocycles. The van der Waals surface area contributed by atoms with E-state index < -0.39 is 23.7 Å². The van der Waals surface area contributed by atoms with Crippen LogP contribution in [0.5, 0.6) is 17.2 Å². The van der Waals surface area contributed by atoms with Crippen molar-refractivity contribution in [3.8, 4) is 17.2 Å². The van der Waals surface area contributed by atoms with Gasteiger partial charge in [-0.25, -0.2) is 10.6 Å². The van der Waals surface area contributed by atoms with E-state index in [0.717, 1.165) is 19.3 Å². The summed E-state index contributed by atoms with van der Waals surface area (Å²) >= 11 is 0. The number of carbonyl (C=O) groups is 2. The molecule has 9 nitrogen and oxygen atoms in total. The fourth-order valence-electron chi connectivity index (χ4n) is 4.79. The quantitative estimate of drug-likeness (QED) is 0.114. The van der Waals surface area contributed by atoms with E-state index in [9.17, 15) is 9.59 Å². The smallest absolute Gasteiger partial charge is 0.330 e. The molecule has 9 heteroatoms. The minimum absolute atomic E-state index is 0.346. The maximum absolute atomic E-state index is 13.9. The molecule has 39 heavy (non-hydrogen) atoms. The average molecular weight is 544 g/mol. The molecular formula is C30H45N3O6. The van der Waals surface area contributed by atoms with E-state index >= 15 is 0 Å². The van der Waals surface area contributed by atoms with Crippen LogP contribution in [0.15, 0.2) is 42.5 Å². The molecule has 0 fully saturated rings. The number of rotatable bonds is 19. The number of unbranched alkanes of at least 4 members (excludes halogenated alkanes) is 8. The number of ether oxygens (including phenoxy) is 3. The van der Waals surface area contributed by atoms with E-state index in [0.29, 0.717) is 34.9 Å². The highest BCUT2D eigenvalue weighted by molar-refractivity contribution is 6.01. The molecule has 0 aromatic heterocycles. The highest BCUT2D eigenvalue weighted by atomic mass is 16.7. The second-order valence-corrected chi connectivity index (χ2v) is 9.55. The largest absolute Gasteiger partial charge is 0.496 e. The minimum atomic E-state index is -0.836. The van der Waals surface area contributed by atoms with E-state index in [1.54, 1.807) is 12.1 Å². The zero-order chi connectivity index (χ0) is 28.5. The second kappa shape index (κ2) is 18.1. The first kappa shape index (κ1) is 31.9. The number of amides is 1. The van der Waals surface area contributed by atoms with Crippen molar-refractivity contribution in [3.63, 3.8) is 0 Å². The molecule has 0 aliphatic heterocycles. The molecule has 4 N–H and O–H groups in total. The average Bonchev–Trinajstić information content (AvgIpc) is 2.96. The van der Waals surface area contributed by atoms with Gasteiger partial charge in [0.15, 0.2) is 0 Å². The van der Waals surface area contributed by atoms with Crippen LogP contribution in [0, 0.1) is 5.92 Å². The van der Waals surface area contributed by atoms with Crippen LogP contribution >= 0.6 is 0 Å². The number of hydrogen-bond acceptors (Lipinski definition) is 8. The molecule has 216 valence electrons. The number of methoxy groups -OCH3 is 3. The molecule has 2 aromatic rings. The highest BCUT2D eigenvalue weighted by Gasteiger charge is 2.37. The van der Waals surface area contributed by atoms with Crippen LogP contribution < -0.4 is 31.0 Å². The summed E-state index contributed by atoms with van der Waals surface area (Å²) in [5.41, 5.74) is 3.03. The van der Waals surface area contributed by atoms with Crippen LogP contribution in [0.25, 0.3) is 0 Å². The van der Waals surface area contributed by atoms with Gasteiger partial charge in [-0.05, 0) is 12.0 Å². The Hall–Kier alpha value is -3.30. The maximum atomic E-state index is 13.9. The van der Waals surface area contributed by atoms with Crippen molar-refractivity contribution in [1.82, 2.24) is 5.59 Å².